The highest BCUT2D eigenvalue weighted by molar-refractivity contribution is 5.29. The monoisotopic (exact) mass is 261 g/mol. The average molecular weight is 261 g/mol. The molecule has 1 N–H and O–H groups in total. The summed E-state index contributed by atoms with van der Waals surface area (Å²) in [5.41, 5.74) is 4.14. The first-order valence-electron chi connectivity index (χ1n) is 7.54. The van der Waals surface area contributed by atoms with E-state index in [2.05, 4.69) is 36.9 Å². The van der Waals surface area contributed by atoms with Gasteiger partial charge in [-0.15, -0.1) is 0 Å². The summed E-state index contributed by atoms with van der Waals surface area (Å²) in [6, 6.07) is 7.33. The fraction of sp³-hybridized carbons (Fsp3) is 0.647. The predicted octanol–water partition coefficient (Wildman–Crippen LogP) is 3.43. The fourth-order valence-electron chi connectivity index (χ4n) is 3.07. The largest absolute Gasteiger partial charge is 0.393 e. The van der Waals surface area contributed by atoms with E-state index in [1.165, 1.54) is 42.5 Å². The Kier molecular flexibility index (Phi) is 5.00. The molecule has 2 atom stereocenters. The van der Waals surface area contributed by atoms with Crippen molar-refractivity contribution in [3.63, 3.8) is 0 Å². The number of aliphatic hydroxyl groups is 1. The number of aliphatic hydroxyl groups excluding tert-OH is 1. The molecule has 1 saturated heterocycles. The van der Waals surface area contributed by atoms with Crippen molar-refractivity contribution < 1.29 is 5.11 Å². The summed E-state index contributed by atoms with van der Waals surface area (Å²) in [7, 11) is 0. The first kappa shape index (κ1) is 14.5. The molecule has 0 bridgehead atoms. The van der Waals surface area contributed by atoms with Crippen molar-refractivity contribution >= 4 is 0 Å². The highest BCUT2D eigenvalue weighted by atomic mass is 16.3. The molecule has 0 aliphatic carbocycles. The minimum absolute atomic E-state index is 0.189. The highest BCUT2D eigenvalue weighted by Crippen LogP contribution is 2.23. The molecule has 2 unspecified atom stereocenters. The second-order valence-corrected chi connectivity index (χ2v) is 6.12. The number of benzene rings is 1. The summed E-state index contributed by atoms with van der Waals surface area (Å²) in [5, 5.41) is 9.64. The Morgan fingerprint density at radius 2 is 2.05 bits per heavy atom. The van der Waals surface area contributed by atoms with Gasteiger partial charge in [-0.25, -0.2) is 0 Å². The van der Waals surface area contributed by atoms with Crippen LogP contribution in [0.5, 0.6) is 0 Å². The summed E-state index contributed by atoms with van der Waals surface area (Å²) in [4.78, 5) is 2.56. The van der Waals surface area contributed by atoms with Gasteiger partial charge in [0.25, 0.3) is 0 Å². The molecule has 1 heterocycles. The maximum atomic E-state index is 9.64. The van der Waals surface area contributed by atoms with Crippen LogP contribution in [0.2, 0.25) is 0 Å². The minimum atomic E-state index is -0.189. The van der Waals surface area contributed by atoms with Crippen molar-refractivity contribution in [1.82, 2.24) is 4.90 Å². The fourth-order valence-corrected chi connectivity index (χ4v) is 3.07. The lowest BCUT2D eigenvalue weighted by Crippen LogP contribution is -2.40. The molecule has 0 radical (unpaired) electrons. The molecule has 0 amide bonds. The Balaban J connectivity index is 2.04. The maximum absolute atomic E-state index is 9.64. The summed E-state index contributed by atoms with van der Waals surface area (Å²) in [6.45, 7) is 8.45. The van der Waals surface area contributed by atoms with Gasteiger partial charge in [-0.3, -0.25) is 4.90 Å². The Hall–Kier alpha value is -0.860. The van der Waals surface area contributed by atoms with Crippen LogP contribution in [-0.2, 0) is 6.54 Å². The zero-order chi connectivity index (χ0) is 13.8. The lowest BCUT2D eigenvalue weighted by atomic mass is 9.96. The van der Waals surface area contributed by atoms with Gasteiger partial charge in [-0.1, -0.05) is 24.6 Å². The second kappa shape index (κ2) is 6.53. The molecule has 1 fully saturated rings. The van der Waals surface area contributed by atoms with Crippen molar-refractivity contribution in [2.75, 3.05) is 6.54 Å². The van der Waals surface area contributed by atoms with Gasteiger partial charge in [0, 0.05) is 12.6 Å². The molecule has 0 saturated carbocycles. The number of rotatable bonds is 4. The van der Waals surface area contributed by atoms with E-state index in [-0.39, 0.29) is 6.10 Å². The quantitative estimate of drug-likeness (QED) is 0.897. The third-order valence-electron chi connectivity index (χ3n) is 4.32. The summed E-state index contributed by atoms with van der Waals surface area (Å²) >= 11 is 0. The smallest absolute Gasteiger partial charge is 0.0527 e. The average Bonchev–Trinajstić information content (AvgIpc) is 2.36. The van der Waals surface area contributed by atoms with Crippen molar-refractivity contribution in [1.29, 1.82) is 0 Å². The van der Waals surface area contributed by atoms with Crippen LogP contribution >= 0.6 is 0 Å². The normalized spacial score (nSPS) is 22.4. The molecule has 1 aromatic rings. The van der Waals surface area contributed by atoms with E-state index in [4.69, 9.17) is 0 Å². The zero-order valence-corrected chi connectivity index (χ0v) is 12.5. The van der Waals surface area contributed by atoms with Gasteiger partial charge < -0.3 is 5.11 Å². The first-order valence-corrected chi connectivity index (χ1v) is 7.54. The lowest BCUT2D eigenvalue weighted by molar-refractivity contribution is 0.0818. The van der Waals surface area contributed by atoms with Gasteiger partial charge >= 0.3 is 0 Å². The summed E-state index contributed by atoms with van der Waals surface area (Å²) < 4.78 is 0. The molecule has 2 rings (SSSR count). The number of nitrogens with zero attached hydrogens (tertiary/aromatic N) is 1. The van der Waals surface area contributed by atoms with E-state index < -0.39 is 0 Å². The molecular formula is C17H27NO. The Morgan fingerprint density at radius 3 is 2.74 bits per heavy atom. The highest BCUT2D eigenvalue weighted by Gasteiger charge is 2.23. The zero-order valence-electron chi connectivity index (χ0n) is 12.5. The summed E-state index contributed by atoms with van der Waals surface area (Å²) in [6.07, 6.45) is 4.55. The van der Waals surface area contributed by atoms with Gasteiger partial charge in [0.2, 0.25) is 0 Å². The topological polar surface area (TPSA) is 23.5 Å². The van der Waals surface area contributed by atoms with Crippen LogP contribution in [0, 0.1) is 13.8 Å². The number of aryl methyl sites for hydroxylation is 2. The molecule has 1 aliphatic heterocycles. The lowest BCUT2D eigenvalue weighted by Gasteiger charge is -2.36. The van der Waals surface area contributed by atoms with Gasteiger partial charge in [0.1, 0.15) is 0 Å². The van der Waals surface area contributed by atoms with Gasteiger partial charge in [0.05, 0.1) is 6.10 Å². The molecular weight excluding hydrogens is 234 g/mol. The van der Waals surface area contributed by atoms with Crippen molar-refractivity contribution in [2.45, 2.75) is 65.1 Å². The van der Waals surface area contributed by atoms with E-state index in [9.17, 15) is 5.11 Å². The third-order valence-corrected chi connectivity index (χ3v) is 4.32. The van der Waals surface area contributed by atoms with Gasteiger partial charge in [-0.05, 0) is 63.3 Å². The van der Waals surface area contributed by atoms with E-state index >= 15 is 0 Å². The van der Waals surface area contributed by atoms with Crippen molar-refractivity contribution in [3.8, 4) is 0 Å². The Labute approximate surface area is 117 Å². The molecule has 1 aliphatic rings. The van der Waals surface area contributed by atoms with E-state index in [0.29, 0.717) is 6.04 Å². The number of hydrogen-bond donors (Lipinski definition) is 1. The van der Waals surface area contributed by atoms with Crippen LogP contribution in [0.25, 0.3) is 0 Å². The molecule has 0 spiro atoms. The molecule has 106 valence electrons. The SMILES string of the molecule is Cc1ccc(CN2CCCCC2CC(C)O)cc1C. The molecule has 2 heteroatoms. The standard InChI is InChI=1S/C17H27NO/c1-13-7-8-16(10-14(13)2)12-18-9-5-4-6-17(18)11-15(3)19/h7-8,10,15,17,19H,4-6,9,11-12H2,1-3H3. The molecule has 1 aromatic carbocycles. The number of piperidine rings is 1. The van der Waals surface area contributed by atoms with E-state index in [0.717, 1.165) is 13.0 Å². The first-order chi connectivity index (χ1) is 9.06. The Bertz CT molecular complexity index is 414. The number of likely N-dealkylation sites (tertiary alicyclic amines) is 1. The third kappa shape index (κ3) is 4.05. The van der Waals surface area contributed by atoms with Crippen LogP contribution in [0.3, 0.4) is 0 Å². The van der Waals surface area contributed by atoms with Crippen LogP contribution in [0.15, 0.2) is 18.2 Å². The molecule has 19 heavy (non-hydrogen) atoms. The predicted molar refractivity (Wildman–Crippen MR) is 80.3 cm³/mol. The van der Waals surface area contributed by atoms with E-state index in [1.54, 1.807) is 0 Å². The van der Waals surface area contributed by atoms with Crippen LogP contribution in [0.4, 0.5) is 0 Å². The molecule has 2 nitrogen and oxygen atoms in total. The Morgan fingerprint density at radius 1 is 1.26 bits per heavy atom. The van der Waals surface area contributed by atoms with Crippen molar-refractivity contribution in [3.05, 3.63) is 34.9 Å². The van der Waals surface area contributed by atoms with Crippen LogP contribution < -0.4 is 0 Å². The van der Waals surface area contributed by atoms with E-state index in [1.807, 2.05) is 6.92 Å². The van der Waals surface area contributed by atoms with Crippen LogP contribution in [0.1, 0.15) is 49.3 Å². The molecule has 0 aromatic heterocycles. The summed E-state index contributed by atoms with van der Waals surface area (Å²) in [5.74, 6) is 0. The van der Waals surface area contributed by atoms with Crippen LogP contribution in [-0.4, -0.2) is 28.7 Å². The van der Waals surface area contributed by atoms with Gasteiger partial charge in [-0.2, -0.15) is 0 Å². The number of hydrogen-bond acceptors (Lipinski definition) is 2. The van der Waals surface area contributed by atoms with Crippen molar-refractivity contribution in [2.24, 2.45) is 0 Å². The second-order valence-electron chi connectivity index (χ2n) is 6.12. The maximum Gasteiger partial charge on any atom is 0.0527 e. The minimum Gasteiger partial charge on any atom is -0.393 e. The van der Waals surface area contributed by atoms with Gasteiger partial charge in [0.15, 0.2) is 0 Å².